The average Bonchev–Trinajstić information content (AvgIpc) is 2.60. The minimum atomic E-state index is -0.124. The van der Waals surface area contributed by atoms with Crippen LogP contribution in [0.5, 0.6) is 5.75 Å². The molecular formula is C18H28N2O3. The number of carbonyl (C=O) groups is 1. The van der Waals surface area contributed by atoms with Crippen LogP contribution in [-0.2, 0) is 0 Å². The number of urea groups is 1. The van der Waals surface area contributed by atoms with E-state index in [9.17, 15) is 4.79 Å². The maximum absolute atomic E-state index is 12.1. The molecule has 2 rings (SSSR count). The van der Waals surface area contributed by atoms with Gasteiger partial charge >= 0.3 is 6.03 Å². The van der Waals surface area contributed by atoms with Gasteiger partial charge in [-0.3, -0.25) is 0 Å². The van der Waals surface area contributed by atoms with Crippen LogP contribution < -0.4 is 15.4 Å². The van der Waals surface area contributed by atoms with Gasteiger partial charge in [-0.05, 0) is 50.2 Å². The Labute approximate surface area is 138 Å². The van der Waals surface area contributed by atoms with Gasteiger partial charge in [-0.2, -0.15) is 0 Å². The fraction of sp³-hybridized carbons (Fsp3) is 0.611. The number of nitrogens with one attached hydrogen (secondary N) is 2. The molecular weight excluding hydrogens is 292 g/mol. The molecule has 0 heterocycles. The van der Waals surface area contributed by atoms with Gasteiger partial charge in [0.05, 0.1) is 6.04 Å². The van der Waals surface area contributed by atoms with E-state index in [2.05, 4.69) is 10.6 Å². The zero-order valence-corrected chi connectivity index (χ0v) is 13.8. The second-order valence-electron chi connectivity index (χ2n) is 6.25. The van der Waals surface area contributed by atoms with Crippen LogP contribution in [0.25, 0.3) is 0 Å². The van der Waals surface area contributed by atoms with E-state index in [4.69, 9.17) is 9.84 Å². The first-order valence-corrected chi connectivity index (χ1v) is 8.57. The van der Waals surface area contributed by atoms with Crippen LogP contribution >= 0.6 is 0 Å². The molecule has 1 atom stereocenters. The first-order chi connectivity index (χ1) is 11.2. The van der Waals surface area contributed by atoms with Crippen LogP contribution in [0.1, 0.15) is 39.0 Å². The van der Waals surface area contributed by atoms with Gasteiger partial charge in [-0.1, -0.05) is 25.1 Å². The summed E-state index contributed by atoms with van der Waals surface area (Å²) in [7, 11) is 0. The van der Waals surface area contributed by atoms with Gasteiger partial charge in [0.2, 0.25) is 0 Å². The lowest BCUT2D eigenvalue weighted by Gasteiger charge is -2.28. The summed E-state index contributed by atoms with van der Waals surface area (Å²) in [6, 6.07) is 9.70. The molecule has 5 nitrogen and oxygen atoms in total. The molecule has 1 aromatic carbocycles. The highest BCUT2D eigenvalue weighted by Gasteiger charge is 2.22. The number of aliphatic hydroxyl groups excluding tert-OH is 1. The van der Waals surface area contributed by atoms with Crippen molar-refractivity contribution in [2.45, 2.75) is 51.1 Å². The lowest BCUT2D eigenvalue weighted by molar-refractivity contribution is 0.173. The number of hydrogen-bond donors (Lipinski definition) is 3. The summed E-state index contributed by atoms with van der Waals surface area (Å²) in [5, 5.41) is 15.2. The van der Waals surface area contributed by atoms with Crippen molar-refractivity contribution < 1.29 is 14.6 Å². The van der Waals surface area contributed by atoms with Crippen molar-refractivity contribution in [1.82, 2.24) is 10.6 Å². The van der Waals surface area contributed by atoms with Crippen LogP contribution in [0.15, 0.2) is 30.3 Å². The average molecular weight is 320 g/mol. The van der Waals surface area contributed by atoms with Crippen molar-refractivity contribution >= 4 is 6.03 Å². The van der Waals surface area contributed by atoms with Crippen molar-refractivity contribution in [2.24, 2.45) is 5.92 Å². The first-order valence-electron chi connectivity index (χ1n) is 8.57. The minimum absolute atomic E-state index is 0.0102. The number of para-hydroxylation sites is 1. The summed E-state index contributed by atoms with van der Waals surface area (Å²) in [5.74, 6) is 1.22. The molecule has 0 bridgehead atoms. The number of carbonyl (C=O) groups excluding carboxylic acids is 1. The predicted octanol–water partition coefficient (Wildman–Crippen LogP) is 2.69. The second-order valence-corrected chi connectivity index (χ2v) is 6.25. The third-order valence-electron chi connectivity index (χ3n) is 4.46. The van der Waals surface area contributed by atoms with Crippen molar-refractivity contribution in [3.63, 3.8) is 0 Å². The number of aliphatic hydroxyl groups is 1. The van der Waals surface area contributed by atoms with Crippen molar-refractivity contribution in [3.05, 3.63) is 30.3 Å². The molecule has 128 valence electrons. The van der Waals surface area contributed by atoms with E-state index >= 15 is 0 Å². The van der Waals surface area contributed by atoms with Gasteiger partial charge in [-0.25, -0.2) is 4.79 Å². The highest BCUT2D eigenvalue weighted by Crippen LogP contribution is 2.23. The van der Waals surface area contributed by atoms with Gasteiger partial charge < -0.3 is 20.5 Å². The fourth-order valence-corrected chi connectivity index (χ4v) is 2.88. The molecule has 0 unspecified atom stereocenters. The number of rotatable bonds is 7. The van der Waals surface area contributed by atoms with Gasteiger partial charge in [0.1, 0.15) is 12.4 Å². The zero-order chi connectivity index (χ0) is 16.5. The van der Waals surface area contributed by atoms with E-state index in [0.717, 1.165) is 37.9 Å². The van der Waals surface area contributed by atoms with E-state index in [1.165, 1.54) is 0 Å². The Morgan fingerprint density at radius 2 is 1.96 bits per heavy atom. The summed E-state index contributed by atoms with van der Waals surface area (Å²) in [6.45, 7) is 2.75. The van der Waals surface area contributed by atoms with Crippen molar-refractivity contribution in [3.8, 4) is 5.75 Å². The summed E-state index contributed by atoms with van der Waals surface area (Å²) in [6.07, 6.45) is 4.66. The summed E-state index contributed by atoms with van der Waals surface area (Å²) in [5.41, 5.74) is 0. The molecule has 2 amide bonds. The van der Waals surface area contributed by atoms with Gasteiger partial charge in [0.15, 0.2) is 0 Å². The van der Waals surface area contributed by atoms with E-state index < -0.39 is 0 Å². The van der Waals surface area contributed by atoms with Crippen molar-refractivity contribution in [2.75, 3.05) is 13.2 Å². The largest absolute Gasteiger partial charge is 0.491 e. The number of hydrogen-bond acceptors (Lipinski definition) is 3. The normalized spacial score (nSPS) is 22.2. The number of benzene rings is 1. The fourth-order valence-electron chi connectivity index (χ4n) is 2.88. The molecule has 1 saturated carbocycles. The van der Waals surface area contributed by atoms with E-state index in [1.54, 1.807) is 0 Å². The quantitative estimate of drug-likeness (QED) is 0.723. The summed E-state index contributed by atoms with van der Waals surface area (Å²) in [4.78, 5) is 12.1. The molecule has 3 N–H and O–H groups in total. The van der Waals surface area contributed by atoms with Gasteiger partial charge in [-0.15, -0.1) is 0 Å². The third-order valence-corrected chi connectivity index (χ3v) is 4.46. The number of amides is 2. The van der Waals surface area contributed by atoms with E-state index in [0.29, 0.717) is 12.5 Å². The molecule has 1 aliphatic carbocycles. The molecule has 1 aliphatic rings. The highest BCUT2D eigenvalue weighted by molar-refractivity contribution is 5.74. The Kier molecular flexibility index (Phi) is 7.20. The third kappa shape index (κ3) is 6.10. The smallest absolute Gasteiger partial charge is 0.315 e. The molecule has 0 spiro atoms. The molecule has 5 heteroatoms. The SMILES string of the molecule is CC[C@H](COc1ccccc1)NC(=O)NC1CCC(CO)CC1. The monoisotopic (exact) mass is 320 g/mol. The lowest BCUT2D eigenvalue weighted by atomic mass is 9.87. The highest BCUT2D eigenvalue weighted by atomic mass is 16.5. The summed E-state index contributed by atoms with van der Waals surface area (Å²) < 4.78 is 5.71. The maximum Gasteiger partial charge on any atom is 0.315 e. The number of ether oxygens (including phenoxy) is 1. The molecule has 0 radical (unpaired) electrons. The van der Waals surface area contributed by atoms with E-state index in [-0.39, 0.29) is 24.7 Å². The Balaban J connectivity index is 1.70. The zero-order valence-electron chi connectivity index (χ0n) is 13.8. The van der Waals surface area contributed by atoms with Crippen LogP contribution in [0, 0.1) is 5.92 Å². The second kappa shape index (κ2) is 9.40. The lowest BCUT2D eigenvalue weighted by Crippen LogP contribution is -2.48. The van der Waals surface area contributed by atoms with Gasteiger partial charge in [0, 0.05) is 12.6 Å². The standard InChI is InChI=1S/C18H28N2O3/c1-2-15(13-23-17-6-4-3-5-7-17)19-18(22)20-16-10-8-14(12-21)9-11-16/h3-7,14-16,21H,2,8-13H2,1H3,(H2,19,20,22)/t14?,15-,16?/m1/s1. The molecule has 0 aliphatic heterocycles. The minimum Gasteiger partial charge on any atom is -0.491 e. The molecule has 1 fully saturated rings. The first kappa shape index (κ1) is 17.6. The van der Waals surface area contributed by atoms with E-state index in [1.807, 2.05) is 37.3 Å². The summed E-state index contributed by atoms with van der Waals surface area (Å²) >= 11 is 0. The molecule has 0 saturated heterocycles. The Morgan fingerprint density at radius 1 is 1.26 bits per heavy atom. The predicted molar refractivity (Wildman–Crippen MR) is 90.5 cm³/mol. The van der Waals surface area contributed by atoms with Crippen molar-refractivity contribution in [1.29, 1.82) is 0 Å². The molecule has 1 aromatic rings. The van der Waals surface area contributed by atoms with Crippen LogP contribution in [0.2, 0.25) is 0 Å². The van der Waals surface area contributed by atoms with Crippen LogP contribution in [0.3, 0.4) is 0 Å². The van der Waals surface area contributed by atoms with Crippen LogP contribution in [0.4, 0.5) is 4.79 Å². The van der Waals surface area contributed by atoms with Gasteiger partial charge in [0.25, 0.3) is 0 Å². The van der Waals surface area contributed by atoms with Crippen LogP contribution in [-0.4, -0.2) is 36.4 Å². The Hall–Kier alpha value is -1.75. The maximum atomic E-state index is 12.1. The molecule has 23 heavy (non-hydrogen) atoms. The Bertz CT molecular complexity index is 459. The topological polar surface area (TPSA) is 70.6 Å². The Morgan fingerprint density at radius 3 is 2.57 bits per heavy atom. The molecule has 0 aromatic heterocycles.